The Bertz CT molecular complexity index is 1020. The van der Waals surface area contributed by atoms with Gasteiger partial charge in [-0.15, -0.1) is 0 Å². The Morgan fingerprint density at radius 2 is 1.75 bits per heavy atom. The third-order valence-electron chi connectivity index (χ3n) is 3.77. The summed E-state index contributed by atoms with van der Waals surface area (Å²) >= 11 is 0. The maximum absolute atomic E-state index is 12.5. The summed E-state index contributed by atoms with van der Waals surface area (Å²) in [5.41, 5.74) is 0.837. The van der Waals surface area contributed by atoms with E-state index in [0.29, 0.717) is 22.9 Å². The molecule has 2 aromatic heterocycles. The zero-order chi connectivity index (χ0) is 20.1. The van der Waals surface area contributed by atoms with Crippen LogP contribution < -0.4 is 20.1 Å². The third-order valence-corrected chi connectivity index (χ3v) is 3.77. The minimum Gasteiger partial charge on any atom is -0.493 e. The lowest BCUT2D eigenvalue weighted by Crippen LogP contribution is -2.17. The van der Waals surface area contributed by atoms with Gasteiger partial charge >= 0.3 is 0 Å². The minimum atomic E-state index is -0.473. The molecule has 2 amide bonds. The number of carbonyl (C=O) groups excluding carboxylic acids is 2. The normalized spacial score (nSPS) is 10.2. The molecule has 9 nitrogen and oxygen atoms in total. The first kappa shape index (κ1) is 18.9. The summed E-state index contributed by atoms with van der Waals surface area (Å²) in [5.74, 6) is 0.968. The Balaban J connectivity index is 1.74. The molecular weight excluding hydrogens is 364 g/mol. The summed E-state index contributed by atoms with van der Waals surface area (Å²) in [6, 6.07) is 9.44. The maximum atomic E-state index is 12.5. The van der Waals surface area contributed by atoms with Crippen molar-refractivity contribution in [1.29, 1.82) is 0 Å². The highest BCUT2D eigenvalue weighted by Crippen LogP contribution is 2.29. The van der Waals surface area contributed by atoms with Gasteiger partial charge in [-0.05, 0) is 31.2 Å². The Kier molecular flexibility index (Phi) is 5.54. The number of methoxy groups -OCH3 is 2. The van der Waals surface area contributed by atoms with E-state index in [2.05, 4.69) is 20.8 Å². The van der Waals surface area contributed by atoms with E-state index in [4.69, 9.17) is 14.0 Å². The number of carbonyl (C=O) groups is 2. The van der Waals surface area contributed by atoms with E-state index >= 15 is 0 Å². The van der Waals surface area contributed by atoms with Gasteiger partial charge in [-0.25, -0.2) is 0 Å². The van der Waals surface area contributed by atoms with Gasteiger partial charge in [-0.2, -0.15) is 0 Å². The maximum Gasteiger partial charge on any atom is 0.274 e. The number of rotatable bonds is 6. The highest BCUT2D eigenvalue weighted by Gasteiger charge is 2.14. The van der Waals surface area contributed by atoms with E-state index in [1.807, 2.05) is 0 Å². The molecular formula is C19H18N4O5. The number of amides is 2. The van der Waals surface area contributed by atoms with Crippen molar-refractivity contribution in [2.45, 2.75) is 6.92 Å². The first-order valence-electron chi connectivity index (χ1n) is 8.24. The van der Waals surface area contributed by atoms with Crippen LogP contribution in [0.1, 0.15) is 26.6 Å². The number of anilines is 2. The molecule has 0 aliphatic rings. The summed E-state index contributed by atoms with van der Waals surface area (Å²) in [6.07, 6.45) is 1.38. The van der Waals surface area contributed by atoms with Crippen LogP contribution in [0.5, 0.6) is 11.5 Å². The van der Waals surface area contributed by atoms with Gasteiger partial charge < -0.3 is 24.6 Å². The van der Waals surface area contributed by atoms with Crippen LogP contribution in [0, 0.1) is 6.92 Å². The summed E-state index contributed by atoms with van der Waals surface area (Å²) in [5, 5.41) is 9.00. The van der Waals surface area contributed by atoms with Gasteiger partial charge in [0.1, 0.15) is 11.5 Å². The molecule has 0 radical (unpaired) electrons. The smallest absolute Gasteiger partial charge is 0.274 e. The van der Waals surface area contributed by atoms with Gasteiger partial charge in [0.15, 0.2) is 17.3 Å². The Morgan fingerprint density at radius 1 is 0.964 bits per heavy atom. The Labute approximate surface area is 160 Å². The monoisotopic (exact) mass is 382 g/mol. The zero-order valence-electron chi connectivity index (χ0n) is 15.5. The summed E-state index contributed by atoms with van der Waals surface area (Å²) in [6.45, 7) is 1.71. The van der Waals surface area contributed by atoms with Crippen LogP contribution in [-0.4, -0.2) is 36.2 Å². The van der Waals surface area contributed by atoms with Crippen molar-refractivity contribution in [2.24, 2.45) is 0 Å². The zero-order valence-corrected chi connectivity index (χ0v) is 15.5. The molecule has 144 valence electrons. The fourth-order valence-electron chi connectivity index (χ4n) is 2.42. The van der Waals surface area contributed by atoms with E-state index in [1.165, 1.54) is 32.5 Å². The van der Waals surface area contributed by atoms with Crippen molar-refractivity contribution >= 4 is 23.3 Å². The molecule has 2 heterocycles. The van der Waals surface area contributed by atoms with Gasteiger partial charge in [0.25, 0.3) is 11.8 Å². The molecule has 0 atom stereocenters. The summed E-state index contributed by atoms with van der Waals surface area (Å²) in [4.78, 5) is 28.9. The molecule has 3 rings (SSSR count). The number of nitrogens with zero attached hydrogens (tertiary/aromatic N) is 2. The summed E-state index contributed by atoms with van der Waals surface area (Å²) < 4.78 is 15.3. The Morgan fingerprint density at radius 3 is 2.43 bits per heavy atom. The van der Waals surface area contributed by atoms with E-state index in [9.17, 15) is 9.59 Å². The number of benzene rings is 1. The van der Waals surface area contributed by atoms with Crippen LogP contribution in [0.4, 0.5) is 11.5 Å². The predicted molar refractivity (Wildman–Crippen MR) is 101 cm³/mol. The molecule has 9 heteroatoms. The molecule has 28 heavy (non-hydrogen) atoms. The molecule has 0 bridgehead atoms. The van der Waals surface area contributed by atoms with E-state index in [1.54, 1.807) is 31.2 Å². The molecule has 0 saturated heterocycles. The second-order valence-electron chi connectivity index (χ2n) is 5.73. The van der Waals surface area contributed by atoms with Crippen molar-refractivity contribution in [3.05, 3.63) is 59.6 Å². The lowest BCUT2D eigenvalue weighted by molar-refractivity contribution is 0.102. The first-order valence-corrected chi connectivity index (χ1v) is 8.24. The molecule has 0 aliphatic heterocycles. The van der Waals surface area contributed by atoms with Gasteiger partial charge in [-0.1, -0.05) is 5.16 Å². The molecule has 0 unspecified atom stereocenters. The fourth-order valence-corrected chi connectivity index (χ4v) is 2.42. The lowest BCUT2D eigenvalue weighted by atomic mass is 10.2. The van der Waals surface area contributed by atoms with E-state index < -0.39 is 11.8 Å². The van der Waals surface area contributed by atoms with Crippen LogP contribution in [-0.2, 0) is 0 Å². The number of hydrogen-bond donors (Lipinski definition) is 2. The van der Waals surface area contributed by atoms with Crippen LogP contribution in [0.2, 0.25) is 0 Å². The number of pyridine rings is 1. The van der Waals surface area contributed by atoms with Crippen LogP contribution in [0.25, 0.3) is 0 Å². The molecule has 0 aliphatic carbocycles. The highest BCUT2D eigenvalue weighted by atomic mass is 16.5. The molecule has 1 aromatic carbocycles. The second kappa shape index (κ2) is 8.21. The Hall–Kier alpha value is -3.88. The third kappa shape index (κ3) is 4.26. The number of aryl methyl sites for hydroxylation is 1. The average molecular weight is 382 g/mol. The number of ether oxygens (including phenoxy) is 2. The number of nitrogens with one attached hydrogen (secondary N) is 2. The van der Waals surface area contributed by atoms with Gasteiger partial charge in [-0.3, -0.25) is 14.6 Å². The predicted octanol–water partition coefficient (Wildman–Crippen LogP) is 2.90. The molecule has 0 spiro atoms. The number of aromatic nitrogens is 2. The van der Waals surface area contributed by atoms with Crippen molar-refractivity contribution in [3.8, 4) is 11.5 Å². The molecule has 2 N–H and O–H groups in total. The largest absolute Gasteiger partial charge is 0.493 e. The van der Waals surface area contributed by atoms with Crippen molar-refractivity contribution in [3.63, 3.8) is 0 Å². The molecule has 3 aromatic rings. The van der Waals surface area contributed by atoms with E-state index in [0.717, 1.165) is 0 Å². The fraction of sp³-hybridized carbons (Fsp3) is 0.158. The van der Waals surface area contributed by atoms with Gasteiger partial charge in [0.05, 0.1) is 14.2 Å². The van der Waals surface area contributed by atoms with Crippen molar-refractivity contribution < 1.29 is 23.6 Å². The first-order chi connectivity index (χ1) is 13.5. The van der Waals surface area contributed by atoms with Crippen molar-refractivity contribution in [2.75, 3.05) is 24.9 Å². The summed E-state index contributed by atoms with van der Waals surface area (Å²) in [7, 11) is 3.03. The minimum absolute atomic E-state index is 0.0822. The topological polar surface area (TPSA) is 116 Å². The molecule has 0 saturated carbocycles. The average Bonchev–Trinajstić information content (AvgIpc) is 3.12. The van der Waals surface area contributed by atoms with Crippen LogP contribution >= 0.6 is 0 Å². The lowest BCUT2D eigenvalue weighted by Gasteiger charge is -2.10. The second-order valence-corrected chi connectivity index (χ2v) is 5.73. The number of hydrogen-bond acceptors (Lipinski definition) is 7. The standard InChI is InChI=1S/C19H18N4O5/c1-11-8-17(23-28-11)22-18(24)12-6-7-20-14(9-12)19(25)21-13-4-5-15(26-2)16(10-13)27-3/h4-10H,1-3H3,(H,21,25)(H,22,23,24). The van der Waals surface area contributed by atoms with Crippen LogP contribution in [0.3, 0.4) is 0 Å². The van der Waals surface area contributed by atoms with Crippen LogP contribution in [0.15, 0.2) is 47.1 Å². The quantitative estimate of drug-likeness (QED) is 0.673. The molecule has 0 fully saturated rings. The SMILES string of the molecule is COc1ccc(NC(=O)c2cc(C(=O)Nc3cc(C)on3)ccn2)cc1OC. The van der Waals surface area contributed by atoms with Gasteiger partial charge in [0.2, 0.25) is 0 Å². The van der Waals surface area contributed by atoms with Crippen molar-refractivity contribution in [1.82, 2.24) is 10.1 Å². The highest BCUT2D eigenvalue weighted by molar-refractivity contribution is 6.07. The van der Waals surface area contributed by atoms with Gasteiger partial charge in [0, 0.05) is 29.6 Å². The van der Waals surface area contributed by atoms with E-state index in [-0.39, 0.29) is 17.1 Å².